The summed E-state index contributed by atoms with van der Waals surface area (Å²) in [5.74, 6) is 1.00. The fourth-order valence-electron chi connectivity index (χ4n) is 1.78. The van der Waals surface area contributed by atoms with Crippen molar-refractivity contribution in [3.63, 3.8) is 0 Å². The molecule has 0 aliphatic carbocycles. The predicted molar refractivity (Wildman–Crippen MR) is 76.4 cm³/mol. The normalized spacial score (nSPS) is 11.2. The Morgan fingerprint density at radius 3 is 2.90 bits per heavy atom. The molecule has 2 aromatic heterocycles. The Labute approximate surface area is 117 Å². The molecule has 0 aliphatic heterocycles. The second-order valence-corrected chi connectivity index (χ2v) is 5.08. The quantitative estimate of drug-likeness (QED) is 0.807. The fraction of sp³-hybridized carbons (Fsp3) is 0.500. The van der Waals surface area contributed by atoms with Crippen molar-refractivity contribution in [2.45, 2.75) is 32.7 Å². The van der Waals surface area contributed by atoms with Gasteiger partial charge in [0.15, 0.2) is 0 Å². The molecule has 0 saturated carbocycles. The van der Waals surface area contributed by atoms with Gasteiger partial charge < -0.3 is 14.3 Å². The van der Waals surface area contributed by atoms with Crippen LogP contribution >= 0.6 is 0 Å². The van der Waals surface area contributed by atoms with Crippen LogP contribution in [0.1, 0.15) is 26.2 Å². The molecule has 0 radical (unpaired) electrons. The third kappa shape index (κ3) is 3.77. The van der Waals surface area contributed by atoms with Crippen molar-refractivity contribution in [1.29, 1.82) is 0 Å². The van der Waals surface area contributed by atoms with Crippen molar-refractivity contribution >= 4 is 0 Å². The molecule has 6 heteroatoms. The number of hydrogen-bond acceptors (Lipinski definition) is 5. The molecule has 108 valence electrons. The van der Waals surface area contributed by atoms with Crippen LogP contribution in [0, 0.1) is 0 Å². The maximum atomic E-state index is 11.6. The van der Waals surface area contributed by atoms with Crippen LogP contribution in [0.4, 0.5) is 0 Å². The monoisotopic (exact) mass is 276 g/mol. The maximum Gasteiger partial charge on any atom is 0.251 e. The molecule has 0 fully saturated rings. The lowest BCUT2D eigenvalue weighted by atomic mass is 10.2. The van der Waals surface area contributed by atoms with E-state index in [0.29, 0.717) is 23.4 Å². The SMILES string of the molecule is CC(C)NCCCc1nnc(-c2ccn(C)c(=O)c2)o1. The Morgan fingerprint density at radius 1 is 1.40 bits per heavy atom. The van der Waals surface area contributed by atoms with E-state index in [0.717, 1.165) is 19.4 Å². The van der Waals surface area contributed by atoms with Gasteiger partial charge in [0, 0.05) is 37.3 Å². The Bertz CT molecular complexity index is 616. The summed E-state index contributed by atoms with van der Waals surface area (Å²) < 4.78 is 7.07. The van der Waals surface area contributed by atoms with Gasteiger partial charge in [-0.3, -0.25) is 4.79 Å². The molecule has 0 spiro atoms. The van der Waals surface area contributed by atoms with E-state index < -0.39 is 0 Å². The smallest absolute Gasteiger partial charge is 0.251 e. The Balaban J connectivity index is 1.98. The highest BCUT2D eigenvalue weighted by Gasteiger charge is 2.09. The van der Waals surface area contributed by atoms with Crippen LogP contribution in [0.5, 0.6) is 0 Å². The molecule has 0 saturated heterocycles. The first-order valence-electron chi connectivity index (χ1n) is 6.79. The third-order valence-electron chi connectivity index (χ3n) is 2.94. The van der Waals surface area contributed by atoms with Crippen molar-refractivity contribution < 1.29 is 4.42 Å². The summed E-state index contributed by atoms with van der Waals surface area (Å²) in [6.07, 6.45) is 3.36. The first kappa shape index (κ1) is 14.5. The summed E-state index contributed by atoms with van der Waals surface area (Å²) in [5.41, 5.74) is 0.565. The van der Waals surface area contributed by atoms with Crippen LogP contribution in [0.15, 0.2) is 27.5 Å². The van der Waals surface area contributed by atoms with Gasteiger partial charge in [-0.05, 0) is 19.0 Å². The molecule has 6 nitrogen and oxygen atoms in total. The van der Waals surface area contributed by atoms with Crippen LogP contribution < -0.4 is 10.9 Å². The second-order valence-electron chi connectivity index (χ2n) is 5.08. The number of aromatic nitrogens is 3. The first-order valence-corrected chi connectivity index (χ1v) is 6.79. The minimum Gasteiger partial charge on any atom is -0.421 e. The number of nitrogens with zero attached hydrogens (tertiary/aromatic N) is 3. The van der Waals surface area contributed by atoms with Crippen molar-refractivity contribution in [2.75, 3.05) is 6.54 Å². The van der Waals surface area contributed by atoms with Crippen LogP contribution in [-0.4, -0.2) is 27.4 Å². The summed E-state index contributed by atoms with van der Waals surface area (Å²) >= 11 is 0. The molecule has 0 aromatic carbocycles. The van der Waals surface area contributed by atoms with Gasteiger partial charge >= 0.3 is 0 Å². The van der Waals surface area contributed by atoms with Crippen molar-refractivity contribution in [1.82, 2.24) is 20.1 Å². The van der Waals surface area contributed by atoms with E-state index in [1.807, 2.05) is 0 Å². The highest BCUT2D eigenvalue weighted by Crippen LogP contribution is 2.15. The van der Waals surface area contributed by atoms with Crippen molar-refractivity contribution in [3.05, 3.63) is 34.6 Å². The van der Waals surface area contributed by atoms with E-state index >= 15 is 0 Å². The summed E-state index contributed by atoms with van der Waals surface area (Å²) in [6, 6.07) is 3.77. The zero-order valence-electron chi connectivity index (χ0n) is 12.1. The second kappa shape index (κ2) is 6.47. The standard InChI is InChI=1S/C14H20N4O2/c1-10(2)15-7-4-5-12-16-17-14(20-12)11-6-8-18(3)13(19)9-11/h6,8-10,15H,4-5,7H2,1-3H3. The molecule has 20 heavy (non-hydrogen) atoms. The lowest BCUT2D eigenvalue weighted by molar-refractivity contribution is 0.484. The van der Waals surface area contributed by atoms with E-state index in [2.05, 4.69) is 29.4 Å². The number of rotatable bonds is 6. The molecule has 0 amide bonds. The van der Waals surface area contributed by atoms with Crippen LogP contribution in [0.2, 0.25) is 0 Å². The topological polar surface area (TPSA) is 73.0 Å². The van der Waals surface area contributed by atoms with Gasteiger partial charge in [-0.1, -0.05) is 13.8 Å². The van der Waals surface area contributed by atoms with Crippen LogP contribution in [0.3, 0.4) is 0 Å². The van der Waals surface area contributed by atoms with E-state index in [4.69, 9.17) is 4.42 Å². The molecule has 0 unspecified atom stereocenters. The zero-order valence-corrected chi connectivity index (χ0v) is 12.1. The highest BCUT2D eigenvalue weighted by atomic mass is 16.4. The third-order valence-corrected chi connectivity index (χ3v) is 2.94. The Hall–Kier alpha value is -1.95. The summed E-state index contributed by atoms with van der Waals surface area (Å²) in [4.78, 5) is 11.6. The molecular weight excluding hydrogens is 256 g/mol. The molecule has 2 rings (SSSR count). The van der Waals surface area contributed by atoms with Crippen molar-refractivity contribution in [2.24, 2.45) is 7.05 Å². The molecule has 1 N–H and O–H groups in total. The fourth-order valence-corrected chi connectivity index (χ4v) is 1.78. The van der Waals surface area contributed by atoms with Gasteiger partial charge in [-0.25, -0.2) is 0 Å². The van der Waals surface area contributed by atoms with Gasteiger partial charge in [0.2, 0.25) is 11.8 Å². The van der Waals surface area contributed by atoms with E-state index in [1.54, 1.807) is 19.3 Å². The molecule has 2 aromatic rings. The van der Waals surface area contributed by atoms with Gasteiger partial charge in [0.05, 0.1) is 0 Å². The molecular formula is C14H20N4O2. The molecule has 0 aliphatic rings. The Kier molecular flexibility index (Phi) is 4.68. The average molecular weight is 276 g/mol. The lowest BCUT2D eigenvalue weighted by Crippen LogP contribution is -2.23. The van der Waals surface area contributed by atoms with E-state index in [-0.39, 0.29) is 5.56 Å². The average Bonchev–Trinajstić information content (AvgIpc) is 2.86. The highest BCUT2D eigenvalue weighted by molar-refractivity contribution is 5.50. The predicted octanol–water partition coefficient (Wildman–Crippen LogP) is 1.37. The number of pyridine rings is 1. The largest absolute Gasteiger partial charge is 0.421 e. The molecule has 0 atom stereocenters. The van der Waals surface area contributed by atoms with Crippen molar-refractivity contribution in [3.8, 4) is 11.5 Å². The van der Waals surface area contributed by atoms with Gasteiger partial charge in [-0.2, -0.15) is 0 Å². The number of aryl methyl sites for hydroxylation is 2. The Morgan fingerprint density at radius 2 is 2.20 bits per heavy atom. The van der Waals surface area contributed by atoms with Gasteiger partial charge in [-0.15, -0.1) is 10.2 Å². The zero-order chi connectivity index (χ0) is 14.5. The summed E-state index contributed by atoms with van der Waals surface area (Å²) in [5, 5.41) is 11.3. The van der Waals surface area contributed by atoms with E-state index in [1.165, 1.54) is 10.6 Å². The van der Waals surface area contributed by atoms with Gasteiger partial charge in [0.1, 0.15) is 0 Å². The first-order chi connectivity index (χ1) is 9.56. The minimum atomic E-state index is -0.0941. The number of hydrogen-bond donors (Lipinski definition) is 1. The lowest BCUT2D eigenvalue weighted by Gasteiger charge is -2.05. The van der Waals surface area contributed by atoms with Crippen LogP contribution in [0.25, 0.3) is 11.5 Å². The van der Waals surface area contributed by atoms with Gasteiger partial charge in [0.25, 0.3) is 5.56 Å². The van der Waals surface area contributed by atoms with E-state index in [9.17, 15) is 4.79 Å². The maximum absolute atomic E-state index is 11.6. The van der Waals surface area contributed by atoms with Crippen LogP contribution in [-0.2, 0) is 13.5 Å². The summed E-state index contributed by atoms with van der Waals surface area (Å²) in [7, 11) is 1.70. The molecule has 0 bridgehead atoms. The minimum absolute atomic E-state index is 0.0941. The number of nitrogens with one attached hydrogen (secondary N) is 1. The molecule has 2 heterocycles. The summed E-state index contributed by atoms with van der Waals surface area (Å²) in [6.45, 7) is 5.14.